The van der Waals surface area contributed by atoms with Gasteiger partial charge in [-0.2, -0.15) is 0 Å². The van der Waals surface area contributed by atoms with Gasteiger partial charge in [-0.05, 0) is 54.5 Å². The Balaban J connectivity index is 2.63. The van der Waals surface area contributed by atoms with E-state index in [1.807, 2.05) is 25.2 Å². The van der Waals surface area contributed by atoms with Crippen molar-refractivity contribution >= 4 is 21.6 Å². The minimum atomic E-state index is -0.671. The van der Waals surface area contributed by atoms with E-state index in [-0.39, 0.29) is 0 Å². The molecule has 3 nitrogen and oxygen atoms in total. The molecular formula is C12H19BrN2O. The van der Waals surface area contributed by atoms with Gasteiger partial charge in [0.1, 0.15) is 0 Å². The Labute approximate surface area is 105 Å². The second kappa shape index (κ2) is 5.17. The Kier molecular flexibility index (Phi) is 4.35. The molecule has 0 amide bonds. The molecule has 0 spiro atoms. The molecule has 3 N–H and O–H groups in total. The number of rotatable bonds is 4. The number of aliphatic hydroxyl groups is 1. The van der Waals surface area contributed by atoms with Gasteiger partial charge in [0, 0.05) is 23.2 Å². The highest BCUT2D eigenvalue weighted by molar-refractivity contribution is 9.10. The number of likely N-dealkylation sites (N-methyl/N-ethyl adjacent to an activating group) is 1. The molecule has 0 unspecified atom stereocenters. The fourth-order valence-corrected chi connectivity index (χ4v) is 1.97. The van der Waals surface area contributed by atoms with Crippen molar-refractivity contribution in [3.63, 3.8) is 0 Å². The van der Waals surface area contributed by atoms with Crippen LogP contribution in [0.5, 0.6) is 0 Å². The average molecular weight is 287 g/mol. The van der Waals surface area contributed by atoms with Crippen LogP contribution in [-0.4, -0.2) is 29.2 Å². The summed E-state index contributed by atoms with van der Waals surface area (Å²) in [7, 11) is 1.98. The first-order valence-electron chi connectivity index (χ1n) is 5.23. The summed E-state index contributed by atoms with van der Waals surface area (Å²) in [5.41, 5.74) is 7.03. The number of benzene rings is 1. The number of halogens is 1. The van der Waals surface area contributed by atoms with Crippen molar-refractivity contribution in [2.75, 3.05) is 19.3 Å². The maximum Gasteiger partial charge on any atom is 0.0718 e. The van der Waals surface area contributed by atoms with Crippen LogP contribution < -0.4 is 5.73 Å². The summed E-state index contributed by atoms with van der Waals surface area (Å²) in [4.78, 5) is 2.07. The summed E-state index contributed by atoms with van der Waals surface area (Å²) >= 11 is 3.37. The highest BCUT2D eigenvalue weighted by Crippen LogP contribution is 2.21. The van der Waals surface area contributed by atoms with E-state index in [1.165, 1.54) is 0 Å². The SMILES string of the molecule is CN(Cc1ccc(Br)c(N)c1)CC(C)(C)O. The monoisotopic (exact) mass is 286 g/mol. The lowest BCUT2D eigenvalue weighted by atomic mass is 10.1. The first kappa shape index (κ1) is 13.5. The summed E-state index contributed by atoms with van der Waals surface area (Å²) in [6, 6.07) is 5.93. The smallest absolute Gasteiger partial charge is 0.0718 e. The highest BCUT2D eigenvalue weighted by atomic mass is 79.9. The number of hydrogen-bond donors (Lipinski definition) is 2. The topological polar surface area (TPSA) is 49.5 Å². The number of hydrogen-bond acceptors (Lipinski definition) is 3. The normalized spacial score (nSPS) is 12.1. The van der Waals surface area contributed by atoms with Gasteiger partial charge < -0.3 is 10.8 Å². The lowest BCUT2D eigenvalue weighted by Crippen LogP contribution is -2.35. The predicted molar refractivity (Wildman–Crippen MR) is 71.2 cm³/mol. The molecule has 1 rings (SSSR count). The van der Waals surface area contributed by atoms with Gasteiger partial charge in [0.2, 0.25) is 0 Å². The Morgan fingerprint density at radius 1 is 1.44 bits per heavy atom. The minimum Gasteiger partial charge on any atom is -0.398 e. The molecule has 0 heterocycles. The van der Waals surface area contributed by atoms with Crippen LogP contribution in [0.4, 0.5) is 5.69 Å². The Morgan fingerprint density at radius 2 is 2.06 bits per heavy atom. The van der Waals surface area contributed by atoms with Crippen LogP contribution in [0.2, 0.25) is 0 Å². The lowest BCUT2D eigenvalue weighted by molar-refractivity contribution is 0.0425. The third-order valence-electron chi connectivity index (χ3n) is 2.17. The van der Waals surface area contributed by atoms with E-state index in [4.69, 9.17) is 5.73 Å². The van der Waals surface area contributed by atoms with Gasteiger partial charge in [-0.15, -0.1) is 0 Å². The van der Waals surface area contributed by atoms with Crippen molar-refractivity contribution in [3.8, 4) is 0 Å². The number of nitrogens with zero attached hydrogens (tertiary/aromatic N) is 1. The Hall–Kier alpha value is -0.580. The number of nitrogens with two attached hydrogens (primary N) is 1. The van der Waals surface area contributed by atoms with Crippen LogP contribution in [0.1, 0.15) is 19.4 Å². The molecule has 0 aromatic heterocycles. The van der Waals surface area contributed by atoms with Gasteiger partial charge in [0.05, 0.1) is 5.60 Å². The number of nitrogen functional groups attached to an aromatic ring is 1. The van der Waals surface area contributed by atoms with Crippen LogP contribution in [0.25, 0.3) is 0 Å². The van der Waals surface area contributed by atoms with Crippen molar-refractivity contribution in [1.29, 1.82) is 0 Å². The minimum absolute atomic E-state index is 0.628. The highest BCUT2D eigenvalue weighted by Gasteiger charge is 2.15. The van der Waals surface area contributed by atoms with Crippen molar-refractivity contribution in [3.05, 3.63) is 28.2 Å². The molecule has 0 bridgehead atoms. The second-order valence-electron chi connectivity index (χ2n) is 4.84. The third kappa shape index (κ3) is 4.51. The first-order chi connectivity index (χ1) is 7.28. The molecule has 0 radical (unpaired) electrons. The van der Waals surface area contributed by atoms with Crippen molar-refractivity contribution in [2.24, 2.45) is 0 Å². The molecule has 0 saturated carbocycles. The lowest BCUT2D eigenvalue weighted by Gasteiger charge is -2.25. The van der Waals surface area contributed by atoms with Crippen molar-refractivity contribution in [1.82, 2.24) is 4.90 Å². The molecule has 0 aliphatic carbocycles. The van der Waals surface area contributed by atoms with Crippen LogP contribution in [0.15, 0.2) is 22.7 Å². The van der Waals surface area contributed by atoms with E-state index in [0.717, 1.165) is 22.3 Å². The molecule has 1 aromatic rings. The molecular weight excluding hydrogens is 268 g/mol. The van der Waals surface area contributed by atoms with Crippen LogP contribution in [-0.2, 0) is 6.54 Å². The molecule has 4 heteroatoms. The van der Waals surface area contributed by atoms with Gasteiger partial charge in [0.25, 0.3) is 0 Å². The zero-order valence-electron chi connectivity index (χ0n) is 10.00. The van der Waals surface area contributed by atoms with Gasteiger partial charge >= 0.3 is 0 Å². The fraction of sp³-hybridized carbons (Fsp3) is 0.500. The molecule has 16 heavy (non-hydrogen) atoms. The first-order valence-corrected chi connectivity index (χ1v) is 6.02. The predicted octanol–water partition coefficient (Wildman–Crippen LogP) is 2.23. The third-order valence-corrected chi connectivity index (χ3v) is 2.89. The summed E-state index contributed by atoms with van der Waals surface area (Å²) in [6.07, 6.45) is 0. The van der Waals surface area contributed by atoms with E-state index >= 15 is 0 Å². The Morgan fingerprint density at radius 3 is 2.56 bits per heavy atom. The van der Waals surface area contributed by atoms with Gasteiger partial charge in [-0.3, -0.25) is 4.90 Å². The summed E-state index contributed by atoms with van der Waals surface area (Å²) in [5.74, 6) is 0. The van der Waals surface area contributed by atoms with Crippen LogP contribution in [0, 0.1) is 0 Å². The largest absolute Gasteiger partial charge is 0.398 e. The summed E-state index contributed by atoms with van der Waals surface area (Å²) in [5, 5.41) is 9.69. The molecule has 0 atom stereocenters. The maximum absolute atomic E-state index is 9.69. The molecule has 90 valence electrons. The van der Waals surface area contributed by atoms with Gasteiger partial charge in [-0.25, -0.2) is 0 Å². The standard InChI is InChI=1S/C12H19BrN2O/c1-12(2,16)8-15(3)7-9-4-5-10(13)11(14)6-9/h4-6,16H,7-8,14H2,1-3H3. The zero-order valence-corrected chi connectivity index (χ0v) is 11.6. The van der Waals surface area contributed by atoms with Crippen LogP contribution in [0.3, 0.4) is 0 Å². The van der Waals surface area contributed by atoms with Crippen molar-refractivity contribution < 1.29 is 5.11 Å². The van der Waals surface area contributed by atoms with E-state index in [0.29, 0.717) is 6.54 Å². The van der Waals surface area contributed by atoms with Crippen LogP contribution >= 0.6 is 15.9 Å². The fourth-order valence-electron chi connectivity index (χ4n) is 1.72. The molecule has 0 aliphatic rings. The summed E-state index contributed by atoms with van der Waals surface area (Å²) in [6.45, 7) is 5.02. The molecule has 1 aromatic carbocycles. The van der Waals surface area contributed by atoms with E-state index < -0.39 is 5.60 Å². The Bertz CT molecular complexity index is 361. The average Bonchev–Trinajstić information content (AvgIpc) is 2.08. The van der Waals surface area contributed by atoms with E-state index in [9.17, 15) is 5.11 Å². The molecule has 0 fully saturated rings. The van der Waals surface area contributed by atoms with E-state index in [2.05, 4.69) is 20.8 Å². The molecule has 0 saturated heterocycles. The zero-order chi connectivity index (χ0) is 12.3. The molecule has 0 aliphatic heterocycles. The summed E-state index contributed by atoms with van der Waals surface area (Å²) < 4.78 is 0.918. The van der Waals surface area contributed by atoms with Gasteiger partial charge in [-0.1, -0.05) is 6.07 Å². The quantitative estimate of drug-likeness (QED) is 0.835. The maximum atomic E-state index is 9.69. The van der Waals surface area contributed by atoms with E-state index in [1.54, 1.807) is 13.8 Å². The number of anilines is 1. The second-order valence-corrected chi connectivity index (χ2v) is 5.69. The van der Waals surface area contributed by atoms with Gasteiger partial charge in [0.15, 0.2) is 0 Å². The van der Waals surface area contributed by atoms with Crippen molar-refractivity contribution in [2.45, 2.75) is 26.0 Å².